The van der Waals surface area contributed by atoms with Crippen molar-refractivity contribution in [2.24, 2.45) is 0 Å². The molecule has 1 aliphatic rings. The van der Waals surface area contributed by atoms with Gasteiger partial charge in [-0.3, -0.25) is 4.79 Å². The number of aliphatic hydroxyl groups is 5. The third-order valence-electron chi connectivity index (χ3n) is 16.7. The van der Waals surface area contributed by atoms with Crippen LogP contribution < -0.4 is 5.32 Å². The van der Waals surface area contributed by atoms with Crippen LogP contribution >= 0.6 is 0 Å². The Kier molecular flexibility index (Phi) is 59.9. The summed E-state index contributed by atoms with van der Waals surface area (Å²) < 4.78 is 11.3. The summed E-state index contributed by atoms with van der Waals surface area (Å²) in [6.07, 6.45) is 84.0. The number of carbonyl (C=O) groups excluding carboxylic acids is 1. The van der Waals surface area contributed by atoms with Gasteiger partial charge in [-0.1, -0.05) is 336 Å². The number of aliphatic hydroxyl groups excluding tert-OH is 5. The molecule has 84 heavy (non-hydrogen) atoms. The number of carbonyl (C=O) groups is 1. The Morgan fingerprint density at radius 3 is 1.10 bits per heavy atom. The van der Waals surface area contributed by atoms with Crippen LogP contribution in [0.2, 0.25) is 0 Å². The van der Waals surface area contributed by atoms with Gasteiger partial charge in [0, 0.05) is 6.42 Å². The first-order valence-corrected chi connectivity index (χ1v) is 35.8. The van der Waals surface area contributed by atoms with Gasteiger partial charge in [-0.05, 0) is 70.6 Å². The lowest BCUT2D eigenvalue weighted by molar-refractivity contribution is -0.302. The van der Waals surface area contributed by atoms with Gasteiger partial charge in [-0.25, -0.2) is 0 Å². The number of amides is 1. The summed E-state index contributed by atoms with van der Waals surface area (Å²) in [4.78, 5) is 13.1. The average Bonchev–Trinajstić information content (AvgIpc) is 3.70. The Labute approximate surface area is 518 Å². The van der Waals surface area contributed by atoms with Crippen LogP contribution in [-0.4, -0.2) is 87.5 Å². The van der Waals surface area contributed by atoms with Gasteiger partial charge in [0.1, 0.15) is 24.4 Å². The van der Waals surface area contributed by atoms with E-state index in [0.717, 1.165) is 77.0 Å². The summed E-state index contributed by atoms with van der Waals surface area (Å²) in [5.41, 5.74) is 0. The fraction of sp³-hybridized carbons (Fsp3) is 0.800. The van der Waals surface area contributed by atoms with E-state index in [2.05, 4.69) is 92.1 Å². The summed E-state index contributed by atoms with van der Waals surface area (Å²) in [6, 6.07) is -0.810. The van der Waals surface area contributed by atoms with E-state index in [1.165, 1.54) is 231 Å². The minimum absolute atomic E-state index is 0.174. The predicted molar refractivity (Wildman–Crippen MR) is 359 cm³/mol. The number of rotatable bonds is 62. The molecule has 9 heteroatoms. The Morgan fingerprint density at radius 1 is 0.417 bits per heavy atom. The van der Waals surface area contributed by atoms with Crippen molar-refractivity contribution in [3.63, 3.8) is 0 Å². The van der Waals surface area contributed by atoms with Crippen LogP contribution in [0.5, 0.6) is 0 Å². The first-order chi connectivity index (χ1) is 41.3. The van der Waals surface area contributed by atoms with Crippen LogP contribution in [0, 0.1) is 0 Å². The lowest BCUT2D eigenvalue weighted by Crippen LogP contribution is -2.60. The molecule has 7 atom stereocenters. The fourth-order valence-corrected chi connectivity index (χ4v) is 11.2. The molecule has 1 saturated heterocycles. The highest BCUT2D eigenvalue weighted by Crippen LogP contribution is 2.23. The number of allylic oxidation sites excluding steroid dienone is 13. The van der Waals surface area contributed by atoms with Gasteiger partial charge >= 0.3 is 0 Å². The van der Waals surface area contributed by atoms with Crippen LogP contribution in [0.25, 0.3) is 0 Å². The van der Waals surface area contributed by atoms with E-state index in [1.807, 2.05) is 6.08 Å². The zero-order valence-corrected chi connectivity index (χ0v) is 54.6. The second-order valence-electron chi connectivity index (χ2n) is 24.7. The maximum atomic E-state index is 13.1. The number of ether oxygens (including phenoxy) is 2. The normalized spacial score (nSPS) is 18.7. The molecular formula is C75H135NO8. The van der Waals surface area contributed by atoms with E-state index in [1.54, 1.807) is 6.08 Å². The molecule has 1 fully saturated rings. The number of unbranched alkanes of at least 4 members (excludes halogenated alkanes) is 40. The average molecular weight is 1180 g/mol. The second-order valence-corrected chi connectivity index (χ2v) is 24.7. The molecule has 0 aromatic heterocycles. The van der Waals surface area contributed by atoms with Crippen LogP contribution in [0.4, 0.5) is 0 Å². The molecule has 6 N–H and O–H groups in total. The number of hydrogen-bond donors (Lipinski definition) is 6. The summed E-state index contributed by atoms with van der Waals surface area (Å²) in [5, 5.41) is 54.8. The monoisotopic (exact) mass is 1180 g/mol. The highest BCUT2D eigenvalue weighted by Gasteiger charge is 2.44. The van der Waals surface area contributed by atoms with Crippen molar-refractivity contribution in [3.8, 4) is 0 Å². The van der Waals surface area contributed by atoms with Crippen molar-refractivity contribution in [2.45, 2.75) is 371 Å². The summed E-state index contributed by atoms with van der Waals surface area (Å²) in [7, 11) is 0. The molecular weight excluding hydrogens is 1040 g/mol. The smallest absolute Gasteiger partial charge is 0.220 e. The maximum absolute atomic E-state index is 13.1. The van der Waals surface area contributed by atoms with Gasteiger partial charge < -0.3 is 40.3 Å². The number of hydrogen-bond acceptors (Lipinski definition) is 8. The van der Waals surface area contributed by atoms with E-state index in [9.17, 15) is 30.3 Å². The third kappa shape index (κ3) is 51.4. The largest absolute Gasteiger partial charge is 0.394 e. The highest BCUT2D eigenvalue weighted by atomic mass is 16.7. The quantitative estimate of drug-likeness (QED) is 0.0261. The van der Waals surface area contributed by atoms with E-state index in [-0.39, 0.29) is 12.5 Å². The molecule has 0 radical (unpaired) electrons. The molecule has 1 amide bonds. The SMILES string of the molecule is CC/C=C\C/C=C\C/C=C\C/C=C\C/C=C\C/C=C\CCCCCCCCCCCCCCCCCCC(=O)NC(COC1OC(CO)C(O)C(O)C1O)C(O)/C=C/CCCCCCCCCCCCCCCCCCCCCCCCCC. The Hall–Kier alpha value is -2.63. The van der Waals surface area contributed by atoms with Crippen molar-refractivity contribution in [1.82, 2.24) is 5.32 Å². The van der Waals surface area contributed by atoms with E-state index in [4.69, 9.17) is 9.47 Å². The standard InChI is InChI=1S/C75H135NO8/c1-3-5-7-9-11-13-15-17-19-21-23-25-27-29-31-32-33-34-35-36-37-38-39-41-43-45-47-49-51-53-55-57-59-61-63-65-71(79)76-68(67-83-75-74(82)73(81)72(80)70(66-77)84-75)69(78)64-62-60-58-56-54-52-50-48-46-44-42-40-30-28-26-24-22-20-18-16-14-12-10-8-6-4-2/h5,7,11,13,17,19,23,25,29,31,33-34,62,64,68-70,72-75,77-78,80-82H,3-4,6,8-10,12,14-16,18,20-22,24,26-28,30,32,35-61,63,65-67H2,1-2H3,(H,76,79)/b7-5-,13-11-,19-17-,25-23-,31-29-,34-33-,64-62+. The highest BCUT2D eigenvalue weighted by molar-refractivity contribution is 5.76. The van der Waals surface area contributed by atoms with Crippen LogP contribution in [0.3, 0.4) is 0 Å². The minimum Gasteiger partial charge on any atom is -0.394 e. The van der Waals surface area contributed by atoms with Gasteiger partial charge in [0.05, 0.1) is 25.4 Å². The van der Waals surface area contributed by atoms with Crippen molar-refractivity contribution < 1.29 is 39.8 Å². The molecule has 0 spiro atoms. The summed E-state index contributed by atoms with van der Waals surface area (Å²) in [6.45, 7) is 3.70. The zero-order valence-electron chi connectivity index (χ0n) is 54.6. The van der Waals surface area contributed by atoms with E-state index >= 15 is 0 Å². The summed E-state index contributed by atoms with van der Waals surface area (Å²) >= 11 is 0. The van der Waals surface area contributed by atoms with Crippen LogP contribution in [0.1, 0.15) is 328 Å². The lowest BCUT2D eigenvalue weighted by atomic mass is 9.99. The minimum atomic E-state index is -1.57. The van der Waals surface area contributed by atoms with Gasteiger partial charge in [-0.2, -0.15) is 0 Å². The van der Waals surface area contributed by atoms with Crippen molar-refractivity contribution in [1.29, 1.82) is 0 Å². The molecule has 1 heterocycles. The third-order valence-corrected chi connectivity index (χ3v) is 16.7. The van der Waals surface area contributed by atoms with Gasteiger partial charge in [0.25, 0.3) is 0 Å². The Bertz CT molecular complexity index is 1600. The predicted octanol–water partition coefficient (Wildman–Crippen LogP) is 19.7. The van der Waals surface area contributed by atoms with Gasteiger partial charge in [-0.15, -0.1) is 0 Å². The Balaban J connectivity index is 2.12. The topological polar surface area (TPSA) is 149 Å². The molecule has 488 valence electrons. The van der Waals surface area contributed by atoms with Crippen molar-refractivity contribution >= 4 is 5.91 Å². The fourth-order valence-electron chi connectivity index (χ4n) is 11.2. The van der Waals surface area contributed by atoms with Crippen LogP contribution in [-0.2, 0) is 14.3 Å². The molecule has 7 unspecified atom stereocenters. The first kappa shape index (κ1) is 79.4. The van der Waals surface area contributed by atoms with Gasteiger partial charge in [0.2, 0.25) is 5.91 Å². The van der Waals surface area contributed by atoms with E-state index in [0.29, 0.717) is 6.42 Å². The molecule has 1 rings (SSSR count). The molecule has 0 bridgehead atoms. The molecule has 0 aliphatic carbocycles. The lowest BCUT2D eigenvalue weighted by Gasteiger charge is -2.40. The van der Waals surface area contributed by atoms with Crippen molar-refractivity contribution in [3.05, 3.63) is 85.1 Å². The molecule has 1 aliphatic heterocycles. The van der Waals surface area contributed by atoms with Crippen molar-refractivity contribution in [2.75, 3.05) is 13.2 Å². The molecule has 0 aromatic rings. The molecule has 0 saturated carbocycles. The molecule has 0 aromatic carbocycles. The van der Waals surface area contributed by atoms with E-state index < -0.39 is 49.5 Å². The Morgan fingerprint density at radius 2 is 0.738 bits per heavy atom. The van der Waals surface area contributed by atoms with Crippen LogP contribution in [0.15, 0.2) is 85.1 Å². The molecule has 9 nitrogen and oxygen atoms in total. The second kappa shape index (κ2) is 63.4. The van der Waals surface area contributed by atoms with Gasteiger partial charge in [0.15, 0.2) is 6.29 Å². The summed E-state index contributed by atoms with van der Waals surface area (Å²) in [5.74, 6) is -0.174. The zero-order chi connectivity index (χ0) is 60.7. The maximum Gasteiger partial charge on any atom is 0.220 e. The first-order valence-electron chi connectivity index (χ1n) is 35.8. The number of nitrogens with one attached hydrogen (secondary N) is 1.